The Hall–Kier alpha value is -1.90. The average Bonchev–Trinajstić information content (AvgIpc) is 2.97. The van der Waals surface area contributed by atoms with Crippen molar-refractivity contribution >= 4 is 15.7 Å². The van der Waals surface area contributed by atoms with Gasteiger partial charge in [-0.3, -0.25) is 9.58 Å². The minimum absolute atomic E-state index is 0.360. The van der Waals surface area contributed by atoms with Gasteiger partial charge in [-0.05, 0) is 26.0 Å². The minimum Gasteiger partial charge on any atom is -0.369 e. The molecule has 0 N–H and O–H groups in total. The van der Waals surface area contributed by atoms with Crippen LogP contribution in [-0.4, -0.2) is 66.7 Å². The van der Waals surface area contributed by atoms with Gasteiger partial charge < -0.3 is 4.90 Å². The van der Waals surface area contributed by atoms with E-state index in [-0.39, 0.29) is 0 Å². The maximum absolute atomic E-state index is 13.0. The van der Waals surface area contributed by atoms with Crippen LogP contribution in [0.4, 0.5) is 5.69 Å². The van der Waals surface area contributed by atoms with Crippen molar-refractivity contribution in [2.24, 2.45) is 0 Å². The molecule has 1 fully saturated rings. The molecule has 7 nitrogen and oxygen atoms in total. The van der Waals surface area contributed by atoms with Gasteiger partial charge in [-0.2, -0.15) is 9.40 Å². The second kappa shape index (κ2) is 8.63. The third-order valence-corrected chi connectivity index (χ3v) is 7.75. The Bertz CT molecular complexity index is 883. The predicted octanol–water partition coefficient (Wildman–Crippen LogP) is 2.31. The first-order valence-corrected chi connectivity index (χ1v) is 11.4. The molecule has 3 rings (SSSR count). The van der Waals surface area contributed by atoms with Crippen LogP contribution in [0.3, 0.4) is 0 Å². The lowest BCUT2D eigenvalue weighted by molar-refractivity contribution is 0.193. The van der Waals surface area contributed by atoms with Gasteiger partial charge in [-0.15, -0.1) is 0 Å². The fraction of sp³-hybridized carbons (Fsp3) is 0.550. The molecule has 0 spiro atoms. The van der Waals surface area contributed by atoms with Crippen molar-refractivity contribution in [3.05, 3.63) is 41.7 Å². The molecule has 0 atom stereocenters. The second-order valence-corrected chi connectivity index (χ2v) is 9.05. The van der Waals surface area contributed by atoms with Crippen molar-refractivity contribution in [1.82, 2.24) is 19.0 Å². The molecule has 0 bridgehead atoms. The number of aryl methyl sites for hydroxylation is 1. The highest BCUT2D eigenvalue weighted by atomic mass is 32.2. The summed E-state index contributed by atoms with van der Waals surface area (Å²) in [5.41, 5.74) is 2.54. The van der Waals surface area contributed by atoms with Crippen molar-refractivity contribution in [1.29, 1.82) is 0 Å². The van der Waals surface area contributed by atoms with Gasteiger partial charge in [0.2, 0.25) is 10.0 Å². The molecule has 154 valence electrons. The molecule has 0 radical (unpaired) electrons. The molecule has 0 aliphatic carbocycles. The lowest BCUT2D eigenvalue weighted by Gasteiger charge is -2.36. The third-order valence-electron chi connectivity index (χ3n) is 5.45. The van der Waals surface area contributed by atoms with E-state index < -0.39 is 10.0 Å². The fourth-order valence-electron chi connectivity index (χ4n) is 3.86. The van der Waals surface area contributed by atoms with Crippen molar-refractivity contribution < 1.29 is 8.42 Å². The molecule has 1 saturated heterocycles. The Morgan fingerprint density at radius 3 is 2.18 bits per heavy atom. The van der Waals surface area contributed by atoms with E-state index in [2.05, 4.69) is 39.2 Å². The quantitative estimate of drug-likeness (QED) is 0.707. The Labute approximate surface area is 168 Å². The van der Waals surface area contributed by atoms with Crippen LogP contribution in [0.1, 0.15) is 25.2 Å². The summed E-state index contributed by atoms with van der Waals surface area (Å²) in [7, 11) is -3.50. The number of nitrogens with zero attached hydrogens (tertiary/aromatic N) is 5. The van der Waals surface area contributed by atoms with Crippen LogP contribution in [0.15, 0.2) is 35.2 Å². The van der Waals surface area contributed by atoms with Crippen LogP contribution in [0.25, 0.3) is 0 Å². The molecule has 2 aromatic rings. The largest absolute Gasteiger partial charge is 0.369 e. The van der Waals surface area contributed by atoms with Crippen molar-refractivity contribution in [3.63, 3.8) is 0 Å². The number of para-hydroxylation sites is 1. The average molecular weight is 406 g/mol. The molecule has 0 unspecified atom stereocenters. The number of aromatic nitrogens is 2. The van der Waals surface area contributed by atoms with E-state index in [9.17, 15) is 8.42 Å². The molecular weight excluding hydrogens is 374 g/mol. The van der Waals surface area contributed by atoms with Gasteiger partial charge in [0.25, 0.3) is 0 Å². The summed E-state index contributed by atoms with van der Waals surface area (Å²) in [5.74, 6) is 0. The lowest BCUT2D eigenvalue weighted by atomic mass is 10.2. The van der Waals surface area contributed by atoms with Crippen molar-refractivity contribution in [3.8, 4) is 0 Å². The number of hydrogen-bond acceptors (Lipinski definition) is 5. The third kappa shape index (κ3) is 4.09. The zero-order valence-electron chi connectivity index (χ0n) is 17.3. The smallest absolute Gasteiger partial charge is 0.246 e. The summed E-state index contributed by atoms with van der Waals surface area (Å²) >= 11 is 0. The van der Waals surface area contributed by atoms with Crippen molar-refractivity contribution in [2.75, 3.05) is 44.2 Å². The molecular formula is C20H31N5O2S. The van der Waals surface area contributed by atoms with Crippen molar-refractivity contribution in [2.45, 2.75) is 39.3 Å². The van der Waals surface area contributed by atoms with Crippen LogP contribution >= 0.6 is 0 Å². The summed E-state index contributed by atoms with van der Waals surface area (Å²) in [4.78, 5) is 5.07. The summed E-state index contributed by atoms with van der Waals surface area (Å²) in [6.07, 6.45) is 0. The summed E-state index contributed by atoms with van der Waals surface area (Å²) in [6.45, 7) is 12.7. The monoisotopic (exact) mass is 405 g/mol. The maximum Gasteiger partial charge on any atom is 0.246 e. The first-order valence-electron chi connectivity index (χ1n) is 9.95. The molecule has 28 heavy (non-hydrogen) atoms. The minimum atomic E-state index is -3.50. The van der Waals surface area contributed by atoms with Gasteiger partial charge >= 0.3 is 0 Å². The summed E-state index contributed by atoms with van der Waals surface area (Å²) in [5, 5.41) is 4.55. The normalized spacial score (nSPS) is 16.1. The molecule has 1 aliphatic heterocycles. The number of sulfonamides is 1. The Kier molecular flexibility index (Phi) is 6.42. The highest BCUT2D eigenvalue weighted by molar-refractivity contribution is 7.89. The van der Waals surface area contributed by atoms with Crippen LogP contribution in [-0.2, 0) is 16.7 Å². The number of benzene rings is 1. The fourth-order valence-corrected chi connectivity index (χ4v) is 5.69. The van der Waals surface area contributed by atoms with E-state index in [0.29, 0.717) is 30.3 Å². The molecule has 8 heteroatoms. The van der Waals surface area contributed by atoms with Gasteiger partial charge in [0.05, 0.1) is 18.1 Å². The standard InChI is InChI=1S/C20H31N5O2S/c1-5-24(6-2)28(26,27)20-17(3)21-25(18(20)4)16-22-12-14-23(15-13-22)19-10-8-7-9-11-19/h7-11H,5-6,12-16H2,1-4H3. The van der Waals surface area contributed by atoms with Crippen LogP contribution in [0, 0.1) is 13.8 Å². The van der Waals surface area contributed by atoms with Gasteiger partial charge in [0.15, 0.2) is 0 Å². The first-order chi connectivity index (χ1) is 13.4. The number of piperazine rings is 1. The van der Waals surface area contributed by atoms with Gasteiger partial charge in [0, 0.05) is 45.0 Å². The maximum atomic E-state index is 13.0. The molecule has 1 aromatic carbocycles. The lowest BCUT2D eigenvalue weighted by Crippen LogP contribution is -2.47. The van der Waals surface area contributed by atoms with Gasteiger partial charge in [0.1, 0.15) is 4.90 Å². The predicted molar refractivity (Wildman–Crippen MR) is 112 cm³/mol. The van der Waals surface area contributed by atoms with Crippen LogP contribution in [0.5, 0.6) is 0 Å². The highest BCUT2D eigenvalue weighted by Gasteiger charge is 2.29. The summed E-state index contributed by atoms with van der Waals surface area (Å²) < 4.78 is 29.3. The highest BCUT2D eigenvalue weighted by Crippen LogP contribution is 2.24. The van der Waals surface area contributed by atoms with Crippen LogP contribution < -0.4 is 4.90 Å². The molecule has 0 amide bonds. The van der Waals surface area contributed by atoms with E-state index in [1.54, 1.807) is 6.92 Å². The topological polar surface area (TPSA) is 61.7 Å². The first kappa shape index (κ1) is 20.8. The van der Waals surface area contributed by atoms with Gasteiger partial charge in [-0.25, -0.2) is 8.42 Å². The van der Waals surface area contributed by atoms with E-state index in [1.165, 1.54) is 9.99 Å². The molecule has 0 saturated carbocycles. The Morgan fingerprint density at radius 2 is 1.61 bits per heavy atom. The number of anilines is 1. The molecule has 2 heterocycles. The SMILES string of the molecule is CCN(CC)S(=O)(=O)c1c(C)nn(CN2CCN(c3ccccc3)CC2)c1C. The zero-order valence-corrected chi connectivity index (χ0v) is 18.1. The molecule has 1 aromatic heterocycles. The van der Waals surface area contributed by atoms with E-state index in [4.69, 9.17) is 0 Å². The number of rotatable bonds is 7. The zero-order chi connectivity index (χ0) is 20.3. The summed E-state index contributed by atoms with van der Waals surface area (Å²) in [6, 6.07) is 10.4. The Morgan fingerprint density at radius 1 is 1.00 bits per heavy atom. The van der Waals surface area contributed by atoms with Gasteiger partial charge in [-0.1, -0.05) is 32.0 Å². The number of hydrogen-bond donors (Lipinski definition) is 0. The molecule has 1 aliphatic rings. The van der Waals surface area contributed by atoms with E-state index in [1.807, 2.05) is 31.5 Å². The van der Waals surface area contributed by atoms with Crippen LogP contribution in [0.2, 0.25) is 0 Å². The van der Waals surface area contributed by atoms with E-state index >= 15 is 0 Å². The second-order valence-electron chi connectivity index (χ2n) is 7.17. The van der Waals surface area contributed by atoms with E-state index in [0.717, 1.165) is 31.9 Å². The Balaban J connectivity index is 1.71.